The molecule has 5 rings (SSSR count). The van der Waals surface area contributed by atoms with Crippen LogP contribution in [0.2, 0.25) is 0 Å². The summed E-state index contributed by atoms with van der Waals surface area (Å²) in [6.45, 7) is 0.927. The van der Waals surface area contributed by atoms with Gasteiger partial charge < -0.3 is 19.2 Å². The van der Waals surface area contributed by atoms with E-state index in [4.69, 9.17) is 13.9 Å². The van der Waals surface area contributed by atoms with Crippen molar-refractivity contribution >= 4 is 11.6 Å². The van der Waals surface area contributed by atoms with Gasteiger partial charge in [0.05, 0.1) is 24.7 Å². The number of nitrogens with zero attached hydrogens (tertiary/aromatic N) is 3. The third-order valence-electron chi connectivity index (χ3n) is 4.45. The summed E-state index contributed by atoms with van der Waals surface area (Å²) < 4.78 is 18.6. The molecule has 9 heteroatoms. The molecule has 3 aromatic heterocycles. The van der Waals surface area contributed by atoms with E-state index in [0.717, 1.165) is 11.5 Å². The van der Waals surface area contributed by atoms with Gasteiger partial charge in [-0.2, -0.15) is 10.2 Å². The van der Waals surface area contributed by atoms with Crippen LogP contribution >= 0.6 is 0 Å². The molecule has 2 N–H and O–H groups in total. The minimum absolute atomic E-state index is 0.171. The number of ether oxygens (including phenoxy) is 2. The number of H-pyrrole nitrogens is 1. The van der Waals surface area contributed by atoms with Gasteiger partial charge in [-0.1, -0.05) is 12.1 Å². The minimum atomic E-state index is -0.343. The van der Waals surface area contributed by atoms with Crippen molar-refractivity contribution in [1.82, 2.24) is 20.0 Å². The molecular formula is C20H17N5O4. The average molecular weight is 391 g/mol. The Morgan fingerprint density at radius 1 is 1.24 bits per heavy atom. The van der Waals surface area contributed by atoms with Crippen molar-refractivity contribution in [2.24, 2.45) is 0 Å². The number of rotatable bonds is 5. The largest absolute Gasteiger partial charge is 0.486 e. The number of carbonyl (C=O) groups is 1. The first-order chi connectivity index (χ1) is 14.2. The van der Waals surface area contributed by atoms with Crippen LogP contribution in [0.25, 0.3) is 11.5 Å². The lowest BCUT2D eigenvalue weighted by Crippen LogP contribution is -2.33. The fourth-order valence-electron chi connectivity index (χ4n) is 3.08. The molecule has 1 aliphatic heterocycles. The van der Waals surface area contributed by atoms with Crippen LogP contribution in [-0.4, -0.2) is 38.6 Å². The first kappa shape index (κ1) is 17.1. The number of hydrogen-bond donors (Lipinski definition) is 2. The van der Waals surface area contributed by atoms with E-state index in [-0.39, 0.29) is 17.7 Å². The van der Waals surface area contributed by atoms with Gasteiger partial charge >= 0.3 is 0 Å². The predicted molar refractivity (Wildman–Crippen MR) is 103 cm³/mol. The molecule has 29 heavy (non-hydrogen) atoms. The Balaban J connectivity index is 1.21. The van der Waals surface area contributed by atoms with Gasteiger partial charge in [0.2, 0.25) is 0 Å². The summed E-state index contributed by atoms with van der Waals surface area (Å²) >= 11 is 0. The second kappa shape index (κ2) is 7.19. The maximum absolute atomic E-state index is 12.4. The first-order valence-electron chi connectivity index (χ1n) is 9.06. The van der Waals surface area contributed by atoms with Crippen LogP contribution in [0.1, 0.15) is 10.5 Å². The normalized spacial score (nSPS) is 15.2. The molecule has 4 heterocycles. The number of furan rings is 1. The van der Waals surface area contributed by atoms with Gasteiger partial charge in [-0.15, -0.1) is 0 Å². The Morgan fingerprint density at radius 2 is 2.14 bits per heavy atom. The highest BCUT2D eigenvalue weighted by molar-refractivity contribution is 6.03. The van der Waals surface area contributed by atoms with Crippen molar-refractivity contribution in [2.45, 2.75) is 12.6 Å². The molecule has 1 atom stereocenters. The van der Waals surface area contributed by atoms with E-state index in [0.29, 0.717) is 30.3 Å². The number of fused-ring (bicyclic) bond motifs is 1. The predicted octanol–water partition coefficient (Wildman–Crippen LogP) is 2.96. The van der Waals surface area contributed by atoms with E-state index in [9.17, 15) is 4.79 Å². The van der Waals surface area contributed by atoms with Gasteiger partial charge in [-0.05, 0) is 24.3 Å². The van der Waals surface area contributed by atoms with Crippen LogP contribution in [0.4, 0.5) is 5.69 Å². The van der Waals surface area contributed by atoms with E-state index >= 15 is 0 Å². The highest BCUT2D eigenvalue weighted by atomic mass is 16.6. The Kier molecular flexibility index (Phi) is 4.24. The summed E-state index contributed by atoms with van der Waals surface area (Å²) in [6.07, 6.45) is 4.71. The topological polar surface area (TPSA) is 107 Å². The summed E-state index contributed by atoms with van der Waals surface area (Å²) in [5, 5.41) is 13.9. The number of aromatic amines is 1. The lowest BCUT2D eigenvalue weighted by Gasteiger charge is -2.26. The maximum atomic E-state index is 12.4. The fraction of sp³-hybridized carbons (Fsp3) is 0.150. The molecule has 0 unspecified atom stereocenters. The van der Waals surface area contributed by atoms with Gasteiger partial charge in [0.25, 0.3) is 5.91 Å². The number of para-hydroxylation sites is 2. The van der Waals surface area contributed by atoms with E-state index in [2.05, 4.69) is 20.6 Å². The van der Waals surface area contributed by atoms with Gasteiger partial charge in [-0.3, -0.25) is 14.6 Å². The van der Waals surface area contributed by atoms with Gasteiger partial charge in [-0.25, -0.2) is 0 Å². The van der Waals surface area contributed by atoms with Crippen LogP contribution < -0.4 is 14.8 Å². The lowest BCUT2D eigenvalue weighted by molar-refractivity contribution is 0.0759. The smallest absolute Gasteiger partial charge is 0.276 e. The molecule has 0 spiro atoms. The molecule has 0 radical (unpaired) electrons. The molecule has 1 aromatic carbocycles. The van der Waals surface area contributed by atoms with E-state index < -0.39 is 0 Å². The number of aromatic nitrogens is 4. The molecule has 1 amide bonds. The molecule has 0 bridgehead atoms. The van der Waals surface area contributed by atoms with Crippen molar-refractivity contribution in [2.75, 3.05) is 11.9 Å². The molecule has 146 valence electrons. The fourth-order valence-corrected chi connectivity index (χ4v) is 3.08. The van der Waals surface area contributed by atoms with Crippen LogP contribution in [0.5, 0.6) is 11.5 Å². The second-order valence-electron chi connectivity index (χ2n) is 6.55. The zero-order valence-electron chi connectivity index (χ0n) is 15.2. The monoisotopic (exact) mass is 391 g/mol. The molecule has 0 aliphatic carbocycles. The molecule has 0 saturated heterocycles. The molecule has 1 aliphatic rings. The number of nitrogens with one attached hydrogen (secondary N) is 2. The number of benzene rings is 1. The Bertz CT molecular complexity index is 1130. The SMILES string of the molecule is O=C(Nc1cnn(C[C@@H]2COc3ccccc3O2)c1)c1cc(-c2ccco2)[nH]n1. The van der Waals surface area contributed by atoms with E-state index in [1.54, 1.807) is 41.5 Å². The number of hydrogen-bond acceptors (Lipinski definition) is 6. The minimum Gasteiger partial charge on any atom is -0.486 e. The van der Waals surface area contributed by atoms with E-state index in [1.807, 2.05) is 24.3 Å². The Hall–Kier alpha value is -4.01. The number of anilines is 1. The molecule has 0 saturated carbocycles. The number of amides is 1. The molecule has 0 fully saturated rings. The van der Waals surface area contributed by atoms with Gasteiger partial charge in [0.1, 0.15) is 12.3 Å². The highest BCUT2D eigenvalue weighted by Crippen LogP contribution is 2.31. The Morgan fingerprint density at radius 3 is 3.00 bits per heavy atom. The van der Waals surface area contributed by atoms with Crippen LogP contribution in [0, 0.1) is 0 Å². The standard InChI is InChI=1S/C20H17N5O4/c26-20(16-8-15(23-24-16)17-6-3-7-27-17)22-13-9-21-25(10-13)11-14-12-28-18-4-1-2-5-19(18)29-14/h1-10,14H,11-12H2,(H,22,26)(H,23,24)/t14-/m1/s1. The highest BCUT2D eigenvalue weighted by Gasteiger charge is 2.21. The molecule has 4 aromatic rings. The summed E-state index contributed by atoms with van der Waals surface area (Å²) in [5.41, 5.74) is 1.45. The average Bonchev–Trinajstić information content (AvgIpc) is 3.49. The van der Waals surface area contributed by atoms with Crippen molar-refractivity contribution in [3.63, 3.8) is 0 Å². The third-order valence-corrected chi connectivity index (χ3v) is 4.45. The van der Waals surface area contributed by atoms with Gasteiger partial charge in [0, 0.05) is 12.3 Å². The summed E-state index contributed by atoms with van der Waals surface area (Å²) in [5.74, 6) is 1.73. The second-order valence-corrected chi connectivity index (χ2v) is 6.55. The maximum Gasteiger partial charge on any atom is 0.276 e. The van der Waals surface area contributed by atoms with Crippen LogP contribution in [0.15, 0.2) is 65.5 Å². The zero-order chi connectivity index (χ0) is 19.6. The quantitative estimate of drug-likeness (QED) is 0.542. The van der Waals surface area contributed by atoms with Crippen molar-refractivity contribution in [3.8, 4) is 23.0 Å². The Labute approximate surface area is 165 Å². The summed E-state index contributed by atoms with van der Waals surface area (Å²) in [6, 6.07) is 12.7. The van der Waals surface area contributed by atoms with E-state index in [1.165, 1.54) is 0 Å². The molecule has 9 nitrogen and oxygen atoms in total. The molecular weight excluding hydrogens is 374 g/mol. The lowest BCUT2D eigenvalue weighted by atomic mass is 10.2. The van der Waals surface area contributed by atoms with Gasteiger partial charge in [0.15, 0.2) is 29.1 Å². The summed E-state index contributed by atoms with van der Waals surface area (Å²) in [7, 11) is 0. The summed E-state index contributed by atoms with van der Waals surface area (Å²) in [4.78, 5) is 12.4. The van der Waals surface area contributed by atoms with Crippen LogP contribution in [-0.2, 0) is 6.54 Å². The number of carbonyl (C=O) groups excluding carboxylic acids is 1. The third kappa shape index (κ3) is 3.57. The first-order valence-corrected chi connectivity index (χ1v) is 9.06. The van der Waals surface area contributed by atoms with Crippen molar-refractivity contribution < 1.29 is 18.7 Å². The zero-order valence-corrected chi connectivity index (χ0v) is 15.2. The van der Waals surface area contributed by atoms with Crippen LogP contribution in [0.3, 0.4) is 0 Å². The van der Waals surface area contributed by atoms with Crippen molar-refractivity contribution in [1.29, 1.82) is 0 Å². The van der Waals surface area contributed by atoms with Crippen molar-refractivity contribution in [3.05, 3.63) is 66.8 Å².